The zero-order valence-corrected chi connectivity index (χ0v) is 22.2. The number of esters is 2. The molecule has 9 atom stereocenters. The van der Waals surface area contributed by atoms with Gasteiger partial charge in [0, 0.05) is 13.3 Å². The lowest BCUT2D eigenvalue weighted by Crippen LogP contribution is -2.79. The second-order valence-corrected chi connectivity index (χ2v) is 12.2. The van der Waals surface area contributed by atoms with Gasteiger partial charge in [-0.2, -0.15) is 0 Å². The van der Waals surface area contributed by atoms with Gasteiger partial charge in [-0.1, -0.05) is 18.2 Å². The van der Waals surface area contributed by atoms with Gasteiger partial charge in [0.15, 0.2) is 11.4 Å². The Morgan fingerprint density at radius 2 is 1.79 bits per heavy atom. The molecule has 5 aliphatic rings. The van der Waals surface area contributed by atoms with Gasteiger partial charge >= 0.3 is 11.9 Å². The van der Waals surface area contributed by atoms with E-state index >= 15 is 0 Å². The maximum absolute atomic E-state index is 14.5. The second-order valence-electron chi connectivity index (χ2n) is 12.2. The topological polar surface area (TPSA) is 129 Å². The van der Waals surface area contributed by atoms with E-state index in [4.69, 9.17) is 18.9 Å². The van der Waals surface area contributed by atoms with Crippen LogP contribution in [0, 0.1) is 16.7 Å². The fourth-order valence-electron chi connectivity index (χ4n) is 8.26. The van der Waals surface area contributed by atoms with E-state index in [9.17, 15) is 24.6 Å². The van der Waals surface area contributed by atoms with Crippen molar-refractivity contribution in [2.24, 2.45) is 16.7 Å². The molecule has 0 unspecified atom stereocenters. The number of carbonyl (C=O) groups is 3. The molecule has 2 heterocycles. The van der Waals surface area contributed by atoms with E-state index in [1.165, 1.54) is 6.92 Å². The molecule has 38 heavy (non-hydrogen) atoms. The highest BCUT2D eigenvalue weighted by molar-refractivity contribution is 5.95. The van der Waals surface area contributed by atoms with Crippen LogP contribution in [0.15, 0.2) is 41.5 Å². The smallest absolute Gasteiger partial charge is 0.338 e. The first kappa shape index (κ1) is 25.7. The maximum Gasteiger partial charge on any atom is 0.338 e. The van der Waals surface area contributed by atoms with Crippen LogP contribution in [0.3, 0.4) is 0 Å². The average Bonchev–Trinajstić information content (AvgIpc) is 3.24. The number of ether oxygens (including phenoxy) is 4. The third-order valence-corrected chi connectivity index (χ3v) is 10.2. The van der Waals surface area contributed by atoms with E-state index in [2.05, 4.69) is 0 Å². The lowest BCUT2D eigenvalue weighted by Gasteiger charge is -2.64. The lowest BCUT2D eigenvalue weighted by molar-refractivity contribution is -0.339. The summed E-state index contributed by atoms with van der Waals surface area (Å²) in [6.45, 7) is 8.40. The van der Waals surface area contributed by atoms with Crippen molar-refractivity contribution in [3.63, 3.8) is 0 Å². The van der Waals surface area contributed by atoms with Gasteiger partial charge in [0.25, 0.3) is 0 Å². The zero-order chi connectivity index (χ0) is 27.4. The number of ketones is 1. The molecule has 0 spiro atoms. The molecule has 204 valence electrons. The van der Waals surface area contributed by atoms with Gasteiger partial charge < -0.3 is 29.2 Å². The third kappa shape index (κ3) is 2.93. The van der Waals surface area contributed by atoms with Crippen LogP contribution in [0.4, 0.5) is 0 Å². The zero-order valence-electron chi connectivity index (χ0n) is 22.2. The van der Waals surface area contributed by atoms with Gasteiger partial charge in [0.05, 0.1) is 46.7 Å². The first-order valence-corrected chi connectivity index (χ1v) is 13.2. The van der Waals surface area contributed by atoms with Gasteiger partial charge in [0.2, 0.25) is 0 Å². The van der Waals surface area contributed by atoms with E-state index < -0.39 is 70.4 Å². The van der Waals surface area contributed by atoms with Crippen LogP contribution in [-0.4, -0.2) is 76.3 Å². The Balaban J connectivity index is 1.64. The molecule has 9 heteroatoms. The highest BCUT2D eigenvalue weighted by Crippen LogP contribution is 2.70. The number of hydrogen-bond acceptors (Lipinski definition) is 9. The fraction of sp³-hybridized carbons (Fsp3) is 0.621. The van der Waals surface area contributed by atoms with Crippen LogP contribution in [0.5, 0.6) is 0 Å². The molecule has 3 aliphatic carbocycles. The van der Waals surface area contributed by atoms with E-state index in [1.54, 1.807) is 44.2 Å². The summed E-state index contributed by atoms with van der Waals surface area (Å²) in [6, 6.07) is 8.51. The molecule has 1 aromatic rings. The molecule has 1 aromatic carbocycles. The van der Waals surface area contributed by atoms with Crippen LogP contribution in [0.2, 0.25) is 0 Å². The highest BCUT2D eigenvalue weighted by Gasteiger charge is 2.81. The molecular formula is C29H34O9. The second kappa shape index (κ2) is 7.97. The van der Waals surface area contributed by atoms with Crippen LogP contribution in [0.25, 0.3) is 0 Å². The molecule has 0 aromatic heterocycles. The summed E-state index contributed by atoms with van der Waals surface area (Å²) >= 11 is 0. The molecule has 0 amide bonds. The third-order valence-electron chi connectivity index (χ3n) is 10.2. The van der Waals surface area contributed by atoms with Crippen molar-refractivity contribution >= 4 is 17.7 Å². The number of fused-ring (bicyclic) bond motifs is 3. The number of rotatable bonds is 3. The van der Waals surface area contributed by atoms with Crippen molar-refractivity contribution in [2.75, 3.05) is 6.61 Å². The summed E-state index contributed by atoms with van der Waals surface area (Å²) in [5.74, 6) is -2.50. The van der Waals surface area contributed by atoms with Crippen LogP contribution in [-0.2, 0) is 28.5 Å². The predicted octanol–water partition coefficient (Wildman–Crippen LogP) is 2.13. The summed E-state index contributed by atoms with van der Waals surface area (Å²) in [4.78, 5) is 40.7. The summed E-state index contributed by atoms with van der Waals surface area (Å²) in [5, 5.41) is 22.7. The van der Waals surface area contributed by atoms with E-state index in [0.717, 1.165) is 0 Å². The summed E-state index contributed by atoms with van der Waals surface area (Å²) in [6.07, 6.45) is -4.62. The van der Waals surface area contributed by atoms with Crippen molar-refractivity contribution in [3.05, 3.63) is 47.0 Å². The number of carbonyl (C=O) groups excluding carboxylic acids is 3. The Morgan fingerprint density at radius 3 is 2.39 bits per heavy atom. The minimum absolute atomic E-state index is 0.000490. The molecule has 2 N–H and O–H groups in total. The molecule has 2 saturated carbocycles. The Bertz CT molecular complexity index is 1250. The van der Waals surface area contributed by atoms with Crippen LogP contribution >= 0.6 is 0 Å². The van der Waals surface area contributed by atoms with E-state index in [1.807, 2.05) is 13.8 Å². The van der Waals surface area contributed by atoms with Crippen molar-refractivity contribution in [1.29, 1.82) is 0 Å². The average molecular weight is 527 g/mol. The number of Topliss-reactive ketones (excluding diaryl/α,β-unsaturated/α-hetero) is 1. The van der Waals surface area contributed by atoms with E-state index in [0.29, 0.717) is 16.7 Å². The quantitative estimate of drug-likeness (QED) is 0.450. The summed E-state index contributed by atoms with van der Waals surface area (Å²) < 4.78 is 24.7. The van der Waals surface area contributed by atoms with Gasteiger partial charge in [-0.05, 0) is 57.4 Å². The number of benzene rings is 1. The molecule has 4 fully saturated rings. The Kier molecular flexibility index (Phi) is 5.39. The van der Waals surface area contributed by atoms with Gasteiger partial charge in [0.1, 0.15) is 18.3 Å². The standard InChI is InChI=1S/C29H34O9/c1-14-17(31)12-28-20(14)21(38-26(28,3)4)23(33)27(5)18(32)11-19-29(13-35-19,37-15(2)30)22(27)24(28)36-25(34)16-9-7-6-8-10-16/h6-10,17-19,21-22,24,31-32H,11-13H2,1-5H3/t17-,18-,19+,21-,22-,24-,27+,28+,29-/m0/s1. The lowest BCUT2D eigenvalue weighted by atomic mass is 9.49. The Morgan fingerprint density at radius 1 is 1.11 bits per heavy atom. The molecule has 2 aliphatic heterocycles. The van der Waals surface area contributed by atoms with Crippen LogP contribution < -0.4 is 0 Å². The van der Waals surface area contributed by atoms with Gasteiger partial charge in [-0.25, -0.2) is 4.79 Å². The predicted molar refractivity (Wildman–Crippen MR) is 132 cm³/mol. The number of aliphatic hydroxyl groups is 2. The fourth-order valence-corrected chi connectivity index (χ4v) is 8.26. The van der Waals surface area contributed by atoms with Crippen molar-refractivity contribution in [1.82, 2.24) is 0 Å². The Labute approximate surface area is 221 Å². The van der Waals surface area contributed by atoms with Crippen LogP contribution in [0.1, 0.15) is 57.8 Å². The first-order chi connectivity index (χ1) is 17.8. The van der Waals surface area contributed by atoms with E-state index in [-0.39, 0.29) is 25.2 Å². The molecule has 2 bridgehead atoms. The minimum atomic E-state index is -1.49. The first-order valence-electron chi connectivity index (χ1n) is 13.2. The normalized spacial score (nSPS) is 44.3. The van der Waals surface area contributed by atoms with Gasteiger partial charge in [-0.15, -0.1) is 0 Å². The maximum atomic E-state index is 14.5. The summed E-state index contributed by atoms with van der Waals surface area (Å²) in [5.41, 5.74) is -3.43. The largest absolute Gasteiger partial charge is 0.457 e. The minimum Gasteiger partial charge on any atom is -0.457 e. The van der Waals surface area contributed by atoms with Gasteiger partial charge in [-0.3, -0.25) is 9.59 Å². The van der Waals surface area contributed by atoms with Crippen molar-refractivity contribution in [3.8, 4) is 0 Å². The number of aliphatic hydroxyl groups excluding tert-OH is 2. The molecule has 2 saturated heterocycles. The number of hydrogen-bond donors (Lipinski definition) is 2. The molecule has 6 rings (SSSR count). The SMILES string of the molecule is CC(=O)O[C@@]12CO[C@@H]1C[C@H](O)[C@@]1(C)C(=O)[C@H]3OC(C)(C)[C@@]4(C[C@H](O)C(C)=C34)[C@@H](OC(=O)c3ccccc3)[C@H]21. The molecular weight excluding hydrogens is 492 g/mol. The van der Waals surface area contributed by atoms with Crippen molar-refractivity contribution < 1.29 is 43.5 Å². The summed E-state index contributed by atoms with van der Waals surface area (Å²) in [7, 11) is 0. The monoisotopic (exact) mass is 526 g/mol. The Hall–Kier alpha value is -2.59. The highest BCUT2D eigenvalue weighted by atomic mass is 16.6. The molecule has 0 radical (unpaired) electrons. The van der Waals surface area contributed by atoms with Crippen molar-refractivity contribution in [2.45, 2.75) is 89.2 Å². The molecule has 9 nitrogen and oxygen atoms in total.